The lowest BCUT2D eigenvalue weighted by atomic mass is 9.92. The molecule has 10 nitrogen and oxygen atoms in total. The van der Waals surface area contributed by atoms with E-state index >= 15 is 0 Å². The summed E-state index contributed by atoms with van der Waals surface area (Å²) in [5.74, 6) is 0.128. The molecule has 1 amide bonds. The molecule has 0 unspecified atom stereocenters. The van der Waals surface area contributed by atoms with E-state index in [0.29, 0.717) is 17.9 Å². The smallest absolute Gasteiger partial charge is 0.257 e. The van der Waals surface area contributed by atoms with Crippen molar-refractivity contribution in [3.05, 3.63) is 35.5 Å². The molecule has 0 saturated carbocycles. The van der Waals surface area contributed by atoms with E-state index in [-0.39, 0.29) is 11.3 Å². The molecule has 0 aliphatic rings. The Labute approximate surface area is 131 Å². The van der Waals surface area contributed by atoms with Crippen LogP contribution in [0.5, 0.6) is 0 Å². The molecular formula is C13H17N9O. The van der Waals surface area contributed by atoms with Crippen LogP contribution in [0.2, 0.25) is 0 Å². The van der Waals surface area contributed by atoms with Crippen molar-refractivity contribution in [1.82, 2.24) is 45.9 Å². The molecule has 23 heavy (non-hydrogen) atoms. The summed E-state index contributed by atoms with van der Waals surface area (Å²) in [6.07, 6.45) is 2.81. The minimum Gasteiger partial charge on any atom is -0.346 e. The fourth-order valence-corrected chi connectivity index (χ4v) is 1.99. The van der Waals surface area contributed by atoms with Gasteiger partial charge in [-0.2, -0.15) is 14.9 Å². The molecule has 0 fully saturated rings. The monoisotopic (exact) mass is 315 g/mol. The molecule has 0 aliphatic heterocycles. The molecule has 3 aromatic rings. The Bertz CT molecular complexity index is 794. The molecule has 3 aromatic heterocycles. The van der Waals surface area contributed by atoms with Crippen molar-refractivity contribution in [1.29, 1.82) is 0 Å². The number of hydrogen-bond donors (Lipinski definition) is 3. The molecule has 3 rings (SSSR count). The zero-order valence-electron chi connectivity index (χ0n) is 13.0. The minimum absolute atomic E-state index is 0.0451. The van der Waals surface area contributed by atoms with Gasteiger partial charge in [-0.3, -0.25) is 15.0 Å². The van der Waals surface area contributed by atoms with Crippen LogP contribution in [-0.4, -0.2) is 46.5 Å². The van der Waals surface area contributed by atoms with Gasteiger partial charge in [-0.1, -0.05) is 20.8 Å². The maximum atomic E-state index is 12.3. The van der Waals surface area contributed by atoms with Gasteiger partial charge in [-0.05, 0) is 16.5 Å². The van der Waals surface area contributed by atoms with Gasteiger partial charge in [0, 0.05) is 5.41 Å². The van der Waals surface area contributed by atoms with Crippen LogP contribution in [0, 0.1) is 0 Å². The lowest BCUT2D eigenvalue weighted by molar-refractivity contribution is 0.0950. The summed E-state index contributed by atoms with van der Waals surface area (Å²) in [4.78, 5) is 12.3. The van der Waals surface area contributed by atoms with Gasteiger partial charge >= 0.3 is 0 Å². The fourth-order valence-electron chi connectivity index (χ4n) is 1.99. The number of aromatic nitrogens is 8. The van der Waals surface area contributed by atoms with E-state index in [1.807, 2.05) is 6.07 Å². The van der Waals surface area contributed by atoms with Crippen LogP contribution in [0.25, 0.3) is 5.82 Å². The molecule has 0 aromatic carbocycles. The third-order valence-electron chi connectivity index (χ3n) is 3.28. The second-order valence-electron chi connectivity index (χ2n) is 6.10. The van der Waals surface area contributed by atoms with E-state index in [2.05, 4.69) is 62.0 Å². The molecule has 10 heteroatoms. The van der Waals surface area contributed by atoms with Crippen molar-refractivity contribution >= 4 is 5.91 Å². The lowest BCUT2D eigenvalue weighted by Gasteiger charge is -2.13. The number of H-pyrrole nitrogens is 2. The topological polar surface area (TPSA) is 130 Å². The van der Waals surface area contributed by atoms with Crippen molar-refractivity contribution in [2.45, 2.75) is 32.7 Å². The van der Waals surface area contributed by atoms with E-state index in [9.17, 15) is 4.79 Å². The third-order valence-corrected chi connectivity index (χ3v) is 3.28. The summed E-state index contributed by atoms with van der Waals surface area (Å²) in [6, 6.07) is 1.94. The number of carbonyl (C=O) groups is 1. The van der Waals surface area contributed by atoms with Gasteiger partial charge in [0.2, 0.25) is 0 Å². The molecule has 120 valence electrons. The Morgan fingerprint density at radius 3 is 2.83 bits per heavy atom. The summed E-state index contributed by atoms with van der Waals surface area (Å²) < 4.78 is 1.34. The summed E-state index contributed by atoms with van der Waals surface area (Å²) >= 11 is 0. The van der Waals surface area contributed by atoms with Crippen molar-refractivity contribution < 1.29 is 4.79 Å². The molecule has 0 bridgehead atoms. The number of amides is 1. The van der Waals surface area contributed by atoms with E-state index < -0.39 is 0 Å². The summed E-state index contributed by atoms with van der Waals surface area (Å²) in [5, 5.41) is 27.4. The van der Waals surface area contributed by atoms with Gasteiger partial charge in [-0.15, -0.1) is 5.10 Å². The first kappa shape index (κ1) is 14.9. The van der Waals surface area contributed by atoms with Gasteiger partial charge < -0.3 is 5.32 Å². The Balaban J connectivity index is 1.69. The molecule has 0 radical (unpaired) electrons. The third kappa shape index (κ3) is 3.10. The number of hydrogen-bond acceptors (Lipinski definition) is 6. The molecule has 0 spiro atoms. The first-order chi connectivity index (χ1) is 10.9. The normalized spacial score (nSPS) is 11.6. The SMILES string of the molecule is CC(C)(C)c1cc(CNC(=O)c2cn[nH]c2-n2cnnn2)[nH]n1. The van der Waals surface area contributed by atoms with Gasteiger partial charge in [0.05, 0.1) is 24.1 Å². The first-order valence-electron chi connectivity index (χ1n) is 7.05. The zero-order chi connectivity index (χ0) is 16.4. The van der Waals surface area contributed by atoms with Gasteiger partial charge in [0.25, 0.3) is 5.91 Å². The predicted molar refractivity (Wildman–Crippen MR) is 79.8 cm³/mol. The molecule has 0 saturated heterocycles. The Hall–Kier alpha value is -3.04. The second-order valence-corrected chi connectivity index (χ2v) is 6.10. The van der Waals surface area contributed by atoms with Crippen LogP contribution in [0.15, 0.2) is 18.6 Å². The van der Waals surface area contributed by atoms with Crippen LogP contribution in [-0.2, 0) is 12.0 Å². The Morgan fingerprint density at radius 2 is 2.17 bits per heavy atom. The summed E-state index contributed by atoms with van der Waals surface area (Å²) in [5.41, 5.74) is 2.08. The second kappa shape index (κ2) is 5.63. The summed E-state index contributed by atoms with van der Waals surface area (Å²) in [7, 11) is 0. The Morgan fingerprint density at radius 1 is 1.35 bits per heavy atom. The van der Waals surface area contributed by atoms with Crippen LogP contribution in [0.4, 0.5) is 0 Å². The minimum atomic E-state index is -0.281. The van der Waals surface area contributed by atoms with Crippen LogP contribution >= 0.6 is 0 Å². The highest BCUT2D eigenvalue weighted by atomic mass is 16.1. The van der Waals surface area contributed by atoms with Crippen molar-refractivity contribution in [2.24, 2.45) is 0 Å². The van der Waals surface area contributed by atoms with E-state index in [1.165, 1.54) is 17.2 Å². The molecule has 0 atom stereocenters. The standard InChI is InChI=1S/C13H17N9O/c1-13(2,3)10-4-8(17-18-10)5-14-12(23)9-6-15-19-11(9)22-7-16-20-21-22/h4,6-7H,5H2,1-3H3,(H,14,23)(H,15,19)(H,17,18). The van der Waals surface area contributed by atoms with Crippen molar-refractivity contribution in [3.8, 4) is 5.82 Å². The quantitative estimate of drug-likeness (QED) is 0.636. The summed E-state index contributed by atoms with van der Waals surface area (Å²) in [6.45, 7) is 6.57. The number of nitrogens with one attached hydrogen (secondary N) is 3. The van der Waals surface area contributed by atoms with E-state index in [4.69, 9.17) is 0 Å². The highest BCUT2D eigenvalue weighted by Gasteiger charge is 2.19. The van der Waals surface area contributed by atoms with Crippen molar-refractivity contribution in [3.63, 3.8) is 0 Å². The average Bonchev–Trinajstić information content (AvgIpc) is 3.22. The maximum Gasteiger partial charge on any atom is 0.257 e. The number of tetrazole rings is 1. The van der Waals surface area contributed by atoms with Crippen LogP contribution in [0.1, 0.15) is 42.5 Å². The van der Waals surface area contributed by atoms with Crippen LogP contribution in [0.3, 0.4) is 0 Å². The van der Waals surface area contributed by atoms with E-state index in [0.717, 1.165) is 11.4 Å². The lowest BCUT2D eigenvalue weighted by Crippen LogP contribution is -2.24. The number of aromatic amines is 2. The van der Waals surface area contributed by atoms with Gasteiger partial charge in [0.1, 0.15) is 11.9 Å². The number of carbonyl (C=O) groups excluding carboxylic acids is 1. The number of nitrogens with zero attached hydrogens (tertiary/aromatic N) is 6. The zero-order valence-corrected chi connectivity index (χ0v) is 13.0. The molecule has 3 N–H and O–H groups in total. The van der Waals surface area contributed by atoms with Gasteiger partial charge in [0.15, 0.2) is 5.82 Å². The first-order valence-corrected chi connectivity index (χ1v) is 7.05. The van der Waals surface area contributed by atoms with Crippen molar-refractivity contribution in [2.75, 3.05) is 0 Å². The highest BCUT2D eigenvalue weighted by Crippen LogP contribution is 2.20. The largest absolute Gasteiger partial charge is 0.346 e. The highest BCUT2D eigenvalue weighted by molar-refractivity contribution is 5.96. The maximum absolute atomic E-state index is 12.3. The molecule has 0 aliphatic carbocycles. The van der Waals surface area contributed by atoms with Crippen LogP contribution < -0.4 is 5.32 Å². The average molecular weight is 315 g/mol. The van der Waals surface area contributed by atoms with E-state index in [1.54, 1.807) is 0 Å². The Kier molecular flexibility index (Phi) is 3.64. The number of rotatable bonds is 4. The molecular weight excluding hydrogens is 298 g/mol. The fraction of sp³-hybridized carbons (Fsp3) is 0.385. The van der Waals surface area contributed by atoms with Gasteiger partial charge in [-0.25, -0.2) is 0 Å². The predicted octanol–water partition coefficient (Wildman–Crippen LogP) is 0.336. The molecule has 3 heterocycles.